The predicted molar refractivity (Wildman–Crippen MR) is 30.0 cm³/mol. The smallest absolute Gasteiger partial charge is 0.0928 e. The van der Waals surface area contributed by atoms with Gasteiger partial charge in [0.15, 0.2) is 0 Å². The molecule has 0 rings (SSSR count). The molecular formula is C6H11F. The molecule has 7 heavy (non-hydrogen) atoms. The average molecular weight is 102 g/mol. The third-order valence-electron chi connectivity index (χ3n) is 0.678. The standard InChI is InChI=1S/C6H11F/c1-2-3-4-5-6-7/h3-4H,2,5-6H2,1H3/b4-3-. The monoisotopic (exact) mass is 102 g/mol. The van der Waals surface area contributed by atoms with Crippen LogP contribution in [0.5, 0.6) is 0 Å². The van der Waals surface area contributed by atoms with Crippen LogP contribution in [0.15, 0.2) is 12.2 Å². The van der Waals surface area contributed by atoms with E-state index in [1.54, 1.807) is 0 Å². The normalized spacial score (nSPS) is 10.6. The van der Waals surface area contributed by atoms with E-state index in [0.717, 1.165) is 6.42 Å². The Bertz CT molecular complexity index is 48.1. The van der Waals surface area contributed by atoms with Crippen LogP contribution < -0.4 is 0 Å². The predicted octanol–water partition coefficient (Wildman–Crippen LogP) is 2.31. The molecule has 0 aromatic heterocycles. The van der Waals surface area contributed by atoms with Crippen LogP contribution in [0.4, 0.5) is 4.39 Å². The Morgan fingerprint density at radius 2 is 2.14 bits per heavy atom. The second-order valence-electron chi connectivity index (χ2n) is 1.36. The van der Waals surface area contributed by atoms with Gasteiger partial charge in [-0.25, -0.2) is 0 Å². The Kier molecular flexibility index (Phi) is 5.40. The maximum Gasteiger partial charge on any atom is 0.0928 e. The first-order chi connectivity index (χ1) is 3.41. The maximum atomic E-state index is 11.3. The van der Waals surface area contributed by atoms with Crippen LogP contribution in [0.25, 0.3) is 0 Å². The summed E-state index contributed by atoms with van der Waals surface area (Å²) in [5, 5.41) is 0. The number of rotatable bonds is 3. The molecule has 0 spiro atoms. The summed E-state index contributed by atoms with van der Waals surface area (Å²) >= 11 is 0. The molecular weight excluding hydrogens is 91.1 g/mol. The first-order valence-electron chi connectivity index (χ1n) is 2.62. The van der Waals surface area contributed by atoms with E-state index in [0.29, 0.717) is 6.42 Å². The van der Waals surface area contributed by atoms with Gasteiger partial charge in [-0.05, 0) is 12.8 Å². The zero-order chi connectivity index (χ0) is 5.54. The Labute approximate surface area is 44.0 Å². The van der Waals surface area contributed by atoms with Crippen LogP contribution in [0, 0.1) is 0 Å². The Hall–Kier alpha value is -0.330. The molecule has 0 nitrogen and oxygen atoms in total. The van der Waals surface area contributed by atoms with Gasteiger partial charge in [0.25, 0.3) is 0 Å². The van der Waals surface area contributed by atoms with E-state index >= 15 is 0 Å². The van der Waals surface area contributed by atoms with E-state index in [1.165, 1.54) is 0 Å². The number of alkyl halides is 1. The van der Waals surface area contributed by atoms with Gasteiger partial charge >= 0.3 is 0 Å². The zero-order valence-corrected chi connectivity index (χ0v) is 4.65. The highest BCUT2D eigenvalue weighted by molar-refractivity contribution is 4.79. The van der Waals surface area contributed by atoms with Crippen molar-refractivity contribution in [2.45, 2.75) is 19.8 Å². The maximum absolute atomic E-state index is 11.3. The minimum Gasteiger partial charge on any atom is -0.251 e. The average Bonchev–Trinajstić information content (AvgIpc) is 1.69. The molecule has 1 heteroatoms. The Morgan fingerprint density at radius 3 is 2.57 bits per heavy atom. The third kappa shape index (κ3) is 5.67. The summed E-state index contributed by atoms with van der Waals surface area (Å²) in [6, 6.07) is 0. The van der Waals surface area contributed by atoms with Crippen LogP contribution in [0.3, 0.4) is 0 Å². The molecule has 0 aromatic carbocycles. The van der Waals surface area contributed by atoms with Gasteiger partial charge in [-0.3, -0.25) is 4.39 Å². The SMILES string of the molecule is CC/C=C\CCF. The number of halogens is 1. The van der Waals surface area contributed by atoms with Gasteiger partial charge in [-0.1, -0.05) is 19.1 Å². The fourth-order valence-corrected chi connectivity index (χ4v) is 0.348. The summed E-state index contributed by atoms with van der Waals surface area (Å²) in [6.07, 6.45) is 5.42. The van der Waals surface area contributed by atoms with E-state index in [-0.39, 0.29) is 6.67 Å². The van der Waals surface area contributed by atoms with E-state index in [2.05, 4.69) is 0 Å². The van der Waals surface area contributed by atoms with Crippen molar-refractivity contribution in [1.29, 1.82) is 0 Å². The van der Waals surface area contributed by atoms with E-state index < -0.39 is 0 Å². The van der Waals surface area contributed by atoms with Crippen LogP contribution in [0.2, 0.25) is 0 Å². The number of allylic oxidation sites excluding steroid dienone is 2. The van der Waals surface area contributed by atoms with Crippen molar-refractivity contribution in [3.8, 4) is 0 Å². The largest absolute Gasteiger partial charge is 0.251 e. The zero-order valence-electron chi connectivity index (χ0n) is 4.65. The van der Waals surface area contributed by atoms with E-state index in [4.69, 9.17) is 0 Å². The van der Waals surface area contributed by atoms with Crippen molar-refractivity contribution in [1.82, 2.24) is 0 Å². The minimum absolute atomic E-state index is 0.226. The molecule has 0 atom stereocenters. The molecule has 0 aliphatic heterocycles. The van der Waals surface area contributed by atoms with Gasteiger partial charge < -0.3 is 0 Å². The van der Waals surface area contributed by atoms with Gasteiger partial charge in [-0.15, -0.1) is 0 Å². The lowest BCUT2D eigenvalue weighted by Gasteiger charge is -1.77. The third-order valence-corrected chi connectivity index (χ3v) is 0.678. The molecule has 0 amide bonds. The molecule has 0 saturated carbocycles. The molecule has 0 N–H and O–H groups in total. The highest BCUT2D eigenvalue weighted by Crippen LogP contribution is 1.85. The molecule has 0 radical (unpaired) electrons. The summed E-state index contributed by atoms with van der Waals surface area (Å²) in [7, 11) is 0. The molecule has 0 fully saturated rings. The van der Waals surface area contributed by atoms with Gasteiger partial charge in [-0.2, -0.15) is 0 Å². The van der Waals surface area contributed by atoms with Crippen molar-refractivity contribution < 1.29 is 4.39 Å². The van der Waals surface area contributed by atoms with E-state index in [9.17, 15) is 4.39 Å². The van der Waals surface area contributed by atoms with Gasteiger partial charge in [0.2, 0.25) is 0 Å². The Balaban J connectivity index is 2.78. The molecule has 0 aliphatic carbocycles. The van der Waals surface area contributed by atoms with Crippen molar-refractivity contribution in [3.05, 3.63) is 12.2 Å². The van der Waals surface area contributed by atoms with Crippen molar-refractivity contribution in [2.24, 2.45) is 0 Å². The van der Waals surface area contributed by atoms with Gasteiger partial charge in [0, 0.05) is 0 Å². The lowest BCUT2D eigenvalue weighted by atomic mass is 10.3. The second kappa shape index (κ2) is 5.67. The summed E-state index contributed by atoms with van der Waals surface area (Å²) in [6.45, 7) is 1.81. The second-order valence-corrected chi connectivity index (χ2v) is 1.36. The van der Waals surface area contributed by atoms with Crippen molar-refractivity contribution in [3.63, 3.8) is 0 Å². The van der Waals surface area contributed by atoms with E-state index in [1.807, 2.05) is 19.1 Å². The quantitative estimate of drug-likeness (QED) is 0.480. The first kappa shape index (κ1) is 6.67. The molecule has 0 aliphatic rings. The fraction of sp³-hybridized carbons (Fsp3) is 0.667. The van der Waals surface area contributed by atoms with Crippen LogP contribution in [-0.2, 0) is 0 Å². The Morgan fingerprint density at radius 1 is 1.43 bits per heavy atom. The molecule has 0 bridgehead atoms. The molecule has 0 heterocycles. The summed E-state index contributed by atoms with van der Waals surface area (Å²) in [4.78, 5) is 0. The van der Waals surface area contributed by atoms with Gasteiger partial charge in [0.1, 0.15) is 0 Å². The summed E-state index contributed by atoms with van der Waals surface area (Å²) in [5.41, 5.74) is 0. The lowest BCUT2D eigenvalue weighted by Crippen LogP contribution is -1.65. The topological polar surface area (TPSA) is 0 Å². The van der Waals surface area contributed by atoms with Gasteiger partial charge in [0.05, 0.1) is 6.67 Å². The highest BCUT2D eigenvalue weighted by atomic mass is 19.1. The molecule has 0 aromatic rings. The lowest BCUT2D eigenvalue weighted by molar-refractivity contribution is 0.501. The summed E-state index contributed by atoms with van der Waals surface area (Å²) in [5.74, 6) is 0. The minimum atomic E-state index is -0.226. The van der Waals surface area contributed by atoms with Crippen LogP contribution >= 0.6 is 0 Å². The molecule has 0 unspecified atom stereocenters. The fourth-order valence-electron chi connectivity index (χ4n) is 0.348. The number of hydrogen-bond acceptors (Lipinski definition) is 0. The molecule has 42 valence electrons. The van der Waals surface area contributed by atoms with Crippen LogP contribution in [-0.4, -0.2) is 6.67 Å². The number of hydrogen-bond donors (Lipinski definition) is 0. The van der Waals surface area contributed by atoms with Crippen LogP contribution in [0.1, 0.15) is 19.8 Å². The van der Waals surface area contributed by atoms with Crippen molar-refractivity contribution >= 4 is 0 Å². The van der Waals surface area contributed by atoms with Crippen molar-refractivity contribution in [2.75, 3.05) is 6.67 Å². The molecule has 0 saturated heterocycles. The summed E-state index contributed by atoms with van der Waals surface area (Å²) < 4.78 is 11.3. The highest BCUT2D eigenvalue weighted by Gasteiger charge is 1.71. The first-order valence-corrected chi connectivity index (χ1v) is 2.62.